The molecule has 7 heteroatoms. The zero-order chi connectivity index (χ0) is 21.7. The van der Waals surface area contributed by atoms with Crippen molar-refractivity contribution in [2.75, 3.05) is 0 Å². The van der Waals surface area contributed by atoms with Crippen LogP contribution in [0.5, 0.6) is 0 Å². The standard InChI is InChI=1S/C13H18N4O3/c1-9(18)6-4-5-7-17-12(19)10-11(14-8-15(10)2)16(3)13(17)20/h8H,4-7H2,1-3H3/i2D3,3D3,6D2. The average molecular weight is 286 g/mol. The molecule has 0 saturated heterocycles. The Hall–Kier alpha value is -2.18. The highest BCUT2D eigenvalue weighted by Crippen LogP contribution is 2.04. The van der Waals surface area contributed by atoms with Gasteiger partial charge < -0.3 is 9.36 Å². The molecule has 2 heterocycles. The topological polar surface area (TPSA) is 78.9 Å². The van der Waals surface area contributed by atoms with Crippen LogP contribution in [0.15, 0.2) is 15.9 Å². The molecule has 0 unspecified atom stereocenters. The third-order valence-electron chi connectivity index (χ3n) is 2.76. The number of Topliss-reactive ketones (excluding diaryl/α,β-unsaturated/α-hetero) is 1. The molecule has 0 spiro atoms. The highest BCUT2D eigenvalue weighted by Gasteiger charge is 2.14. The Morgan fingerprint density at radius 2 is 2.20 bits per heavy atom. The van der Waals surface area contributed by atoms with Crippen molar-refractivity contribution >= 4 is 16.9 Å². The molecule has 0 aliphatic carbocycles. The van der Waals surface area contributed by atoms with Gasteiger partial charge in [0.2, 0.25) is 0 Å². The summed E-state index contributed by atoms with van der Waals surface area (Å²) in [7, 11) is 0. The fourth-order valence-corrected chi connectivity index (χ4v) is 1.83. The van der Waals surface area contributed by atoms with Gasteiger partial charge in [-0.3, -0.25) is 13.9 Å². The van der Waals surface area contributed by atoms with Crippen LogP contribution in [0.2, 0.25) is 0 Å². The van der Waals surface area contributed by atoms with Crippen LogP contribution < -0.4 is 11.2 Å². The van der Waals surface area contributed by atoms with Gasteiger partial charge in [-0.2, -0.15) is 0 Å². The first kappa shape index (κ1) is 7.01. The number of imidazole rings is 1. The lowest BCUT2D eigenvalue weighted by molar-refractivity contribution is -0.117. The fraction of sp³-hybridized carbons (Fsp3) is 0.538. The van der Waals surface area contributed by atoms with E-state index in [0.717, 1.165) is 13.3 Å². The summed E-state index contributed by atoms with van der Waals surface area (Å²) in [6.45, 7) is -5.21. The van der Waals surface area contributed by atoms with E-state index in [0.29, 0.717) is 9.13 Å². The summed E-state index contributed by atoms with van der Waals surface area (Å²) >= 11 is 0. The zero-order valence-electron chi connectivity index (χ0n) is 18.7. The number of hydrogen-bond acceptors (Lipinski definition) is 4. The van der Waals surface area contributed by atoms with E-state index in [9.17, 15) is 14.4 Å². The van der Waals surface area contributed by atoms with Crippen molar-refractivity contribution in [3.05, 3.63) is 27.2 Å². The largest absolute Gasteiger partial charge is 0.332 e. The number of fused-ring (bicyclic) bond motifs is 1. The molecule has 2 aromatic heterocycles. The third-order valence-corrected chi connectivity index (χ3v) is 2.76. The lowest BCUT2D eigenvalue weighted by Gasteiger charge is -2.08. The van der Waals surface area contributed by atoms with E-state index in [1.54, 1.807) is 0 Å². The van der Waals surface area contributed by atoms with E-state index in [4.69, 9.17) is 11.0 Å². The van der Waals surface area contributed by atoms with E-state index >= 15 is 0 Å². The van der Waals surface area contributed by atoms with Crippen molar-refractivity contribution in [1.82, 2.24) is 18.7 Å². The smallest absolute Gasteiger partial charge is 0.328 e. The van der Waals surface area contributed by atoms with Crippen LogP contribution >= 0.6 is 0 Å². The predicted molar refractivity (Wildman–Crippen MR) is 74.7 cm³/mol. The second-order valence-electron chi connectivity index (χ2n) is 4.20. The minimum Gasteiger partial charge on any atom is -0.328 e. The minimum atomic E-state index is -3.04. The second-order valence-corrected chi connectivity index (χ2v) is 4.20. The van der Waals surface area contributed by atoms with Gasteiger partial charge in [0.1, 0.15) is 5.78 Å². The Kier molecular flexibility index (Phi) is 1.91. The van der Waals surface area contributed by atoms with Crippen molar-refractivity contribution < 1.29 is 15.8 Å². The number of carbonyl (C=O) groups excluding carboxylic acids is 1. The first-order valence-electron chi connectivity index (χ1n) is 9.84. The van der Waals surface area contributed by atoms with Crippen LogP contribution in [0, 0.1) is 0 Å². The van der Waals surface area contributed by atoms with Crippen molar-refractivity contribution in [3.63, 3.8) is 0 Å². The number of rotatable bonds is 5. The van der Waals surface area contributed by atoms with Gasteiger partial charge in [0.05, 0.1) is 6.33 Å². The highest BCUT2D eigenvalue weighted by molar-refractivity contribution is 5.75. The molecule has 0 saturated carbocycles. The summed E-state index contributed by atoms with van der Waals surface area (Å²) in [5.41, 5.74) is -3.44. The number of ketones is 1. The fourth-order valence-electron chi connectivity index (χ4n) is 1.83. The molecule has 0 aliphatic rings. The second kappa shape index (κ2) is 5.44. The maximum atomic E-state index is 12.7. The van der Waals surface area contributed by atoms with Gasteiger partial charge >= 0.3 is 5.69 Å². The number of aromatic nitrogens is 4. The Labute approximate surface area is 126 Å². The number of nitrogens with zero attached hydrogens (tertiary/aromatic N) is 4. The number of carbonyl (C=O) groups is 1. The van der Waals surface area contributed by atoms with Crippen LogP contribution in [0.25, 0.3) is 11.2 Å². The summed E-state index contributed by atoms with van der Waals surface area (Å²) in [6.07, 6.45) is -1.84. The molecule has 0 amide bonds. The Balaban J connectivity index is 2.68. The maximum absolute atomic E-state index is 12.7. The van der Waals surface area contributed by atoms with Crippen LogP contribution in [-0.4, -0.2) is 24.5 Å². The molecular weight excluding hydrogens is 260 g/mol. The Bertz CT molecular complexity index is 1030. The summed E-state index contributed by atoms with van der Waals surface area (Å²) in [5, 5.41) is 0. The van der Waals surface area contributed by atoms with Gasteiger partial charge in [0.25, 0.3) is 5.56 Å². The SMILES string of the molecule is [2H]C([2H])(CCCn1c(=O)c2c(ncn2C([2H])([2H])[2H])n(C([2H])([2H])[2H])c1=O)C(C)=O. The molecular formula is C13H18N4O3. The Morgan fingerprint density at radius 3 is 2.85 bits per heavy atom. The first-order valence-corrected chi connectivity index (χ1v) is 5.84. The Morgan fingerprint density at radius 1 is 1.40 bits per heavy atom. The summed E-state index contributed by atoms with van der Waals surface area (Å²) in [6, 6.07) is 0. The molecule has 0 radical (unpaired) electrons. The quantitative estimate of drug-likeness (QED) is 0.786. The molecule has 0 atom stereocenters. The van der Waals surface area contributed by atoms with E-state index in [1.165, 1.54) is 0 Å². The summed E-state index contributed by atoms with van der Waals surface area (Å²) in [5.74, 6) is -0.726. The lowest BCUT2D eigenvalue weighted by atomic mass is 10.2. The molecule has 0 aromatic carbocycles. The van der Waals surface area contributed by atoms with Gasteiger partial charge in [-0.25, -0.2) is 9.78 Å². The predicted octanol–water partition coefficient (Wildman–Crippen LogP) is 0.193. The monoisotopic (exact) mass is 286 g/mol. The van der Waals surface area contributed by atoms with Gasteiger partial charge in [-0.05, 0) is 19.8 Å². The molecule has 0 fully saturated rings. The van der Waals surface area contributed by atoms with E-state index in [1.807, 2.05) is 0 Å². The molecule has 7 nitrogen and oxygen atoms in total. The first-order chi connectivity index (χ1) is 12.6. The van der Waals surface area contributed by atoms with E-state index in [2.05, 4.69) is 4.98 Å². The van der Waals surface area contributed by atoms with Gasteiger partial charge in [0.15, 0.2) is 11.2 Å². The minimum absolute atomic E-state index is 0.129. The van der Waals surface area contributed by atoms with Crippen LogP contribution in [-0.2, 0) is 25.3 Å². The lowest BCUT2D eigenvalue weighted by Crippen LogP contribution is -2.39. The van der Waals surface area contributed by atoms with Gasteiger partial charge in [0, 0.05) is 37.8 Å². The maximum Gasteiger partial charge on any atom is 0.332 e. The number of hydrogen-bond donors (Lipinski definition) is 0. The average Bonchev–Trinajstić information content (AvgIpc) is 2.93. The normalized spacial score (nSPS) is 19.1. The molecule has 0 N–H and O–H groups in total. The summed E-state index contributed by atoms with van der Waals surface area (Å²) in [4.78, 5) is 40.3. The molecule has 108 valence electrons. The van der Waals surface area contributed by atoms with Gasteiger partial charge in [-0.15, -0.1) is 0 Å². The molecule has 0 bridgehead atoms. The third kappa shape index (κ3) is 2.43. The van der Waals surface area contributed by atoms with Crippen LogP contribution in [0.3, 0.4) is 0 Å². The molecule has 0 aliphatic heterocycles. The highest BCUT2D eigenvalue weighted by atomic mass is 16.2. The molecule has 20 heavy (non-hydrogen) atoms. The summed E-state index contributed by atoms with van der Waals surface area (Å²) < 4.78 is 61.5. The van der Waals surface area contributed by atoms with Crippen LogP contribution in [0.1, 0.15) is 37.1 Å². The van der Waals surface area contributed by atoms with Crippen molar-refractivity contribution in [1.29, 1.82) is 0 Å². The zero-order valence-corrected chi connectivity index (χ0v) is 10.7. The molecule has 2 rings (SSSR count). The molecule has 2 aromatic rings. The van der Waals surface area contributed by atoms with E-state index < -0.39 is 55.1 Å². The van der Waals surface area contributed by atoms with Crippen molar-refractivity contribution in [3.8, 4) is 0 Å². The number of aryl methyl sites for hydroxylation is 2. The van der Waals surface area contributed by atoms with Crippen molar-refractivity contribution in [2.24, 2.45) is 14.0 Å². The van der Waals surface area contributed by atoms with E-state index in [-0.39, 0.29) is 17.4 Å². The van der Waals surface area contributed by atoms with Gasteiger partial charge in [-0.1, -0.05) is 0 Å². The van der Waals surface area contributed by atoms with Crippen molar-refractivity contribution in [2.45, 2.75) is 32.7 Å². The van der Waals surface area contributed by atoms with Crippen LogP contribution in [0.4, 0.5) is 0 Å².